The minimum absolute atomic E-state index is 0.0357. The van der Waals surface area contributed by atoms with Gasteiger partial charge in [-0.25, -0.2) is 0 Å². The maximum Gasteiger partial charge on any atom is 0.161 e. The smallest absolute Gasteiger partial charge is 0.161 e. The number of benzene rings is 1. The van der Waals surface area contributed by atoms with E-state index in [-0.39, 0.29) is 11.2 Å². The van der Waals surface area contributed by atoms with Gasteiger partial charge in [0.05, 0.1) is 16.2 Å². The van der Waals surface area contributed by atoms with Crippen LogP contribution in [0.15, 0.2) is 30.2 Å². The molecule has 1 aromatic carbocycles. The van der Waals surface area contributed by atoms with E-state index in [0.717, 1.165) is 50.8 Å². The molecule has 0 fully saturated rings. The monoisotopic (exact) mass is 872 g/mol. The molecule has 4 rings (SSSR count). The fourth-order valence-corrected chi connectivity index (χ4v) is 9.71. The number of hydrogen-bond donors (Lipinski definition) is 1. The molecule has 6 heteroatoms. The second kappa shape index (κ2) is 34.3. The van der Waals surface area contributed by atoms with Crippen molar-refractivity contribution in [1.82, 2.24) is 0 Å². The number of Topliss-reactive ketones (excluding diaryl/α,β-unsaturated/α-hetero) is 1. The largest absolute Gasteiger partial charge is 0.491 e. The Kier molecular flexibility index (Phi) is 35.5. The van der Waals surface area contributed by atoms with Gasteiger partial charge in [0.15, 0.2) is 5.78 Å². The fourth-order valence-electron chi connectivity index (χ4n) is 6.00. The van der Waals surface area contributed by atoms with E-state index < -0.39 is 0 Å². The van der Waals surface area contributed by atoms with Gasteiger partial charge >= 0.3 is 0 Å². The van der Waals surface area contributed by atoms with Crippen LogP contribution in [0.4, 0.5) is 0 Å². The highest BCUT2D eigenvalue weighted by molar-refractivity contribution is 7.27. The van der Waals surface area contributed by atoms with Crippen molar-refractivity contribution in [1.29, 1.82) is 5.41 Å². The number of fused-ring (bicyclic) bond motifs is 2. The Bertz CT molecular complexity index is 1690. The van der Waals surface area contributed by atoms with Crippen LogP contribution in [0, 0.1) is 30.1 Å². The molecule has 0 bridgehead atoms. The Hall–Kier alpha value is -2.28. The molecule has 3 nitrogen and oxygen atoms in total. The summed E-state index contributed by atoms with van der Waals surface area (Å²) in [5.74, 6) is 3.19. The number of carbonyl (C=O) groups excluding carboxylic acids is 1. The molecule has 2 unspecified atom stereocenters. The van der Waals surface area contributed by atoms with Crippen molar-refractivity contribution in [2.75, 3.05) is 6.61 Å². The van der Waals surface area contributed by atoms with Crippen molar-refractivity contribution < 1.29 is 9.53 Å². The molecule has 0 amide bonds. The van der Waals surface area contributed by atoms with Gasteiger partial charge in [-0.2, -0.15) is 0 Å². The van der Waals surface area contributed by atoms with Crippen LogP contribution in [-0.2, 0) is 5.41 Å². The number of thiophene rings is 3. The zero-order chi connectivity index (χ0) is 46.5. The van der Waals surface area contributed by atoms with Crippen molar-refractivity contribution in [2.24, 2.45) is 17.8 Å². The summed E-state index contributed by atoms with van der Waals surface area (Å²) < 4.78 is 9.12. The van der Waals surface area contributed by atoms with E-state index in [2.05, 4.69) is 120 Å². The van der Waals surface area contributed by atoms with Gasteiger partial charge < -0.3 is 10.1 Å². The summed E-state index contributed by atoms with van der Waals surface area (Å²) in [4.78, 5) is 16.0. The number of carbonyl (C=O) groups is 1. The molecule has 2 atom stereocenters. The van der Waals surface area contributed by atoms with Crippen LogP contribution < -0.4 is 4.74 Å². The van der Waals surface area contributed by atoms with E-state index in [1.54, 1.807) is 47.9 Å². The highest BCUT2D eigenvalue weighted by atomic mass is 32.1. The topological polar surface area (TPSA) is 50.2 Å². The lowest BCUT2D eigenvalue weighted by Gasteiger charge is -2.18. The Labute approximate surface area is 378 Å². The average molecular weight is 873 g/mol. The van der Waals surface area contributed by atoms with Gasteiger partial charge in [-0.3, -0.25) is 4.79 Å². The lowest BCUT2D eigenvalue weighted by atomic mass is 9.88. The number of aryl methyl sites for hydroxylation is 1. The lowest BCUT2D eigenvalue weighted by molar-refractivity contribution is 0.101. The van der Waals surface area contributed by atoms with E-state index >= 15 is 0 Å². The second-order valence-electron chi connectivity index (χ2n) is 16.1. The molecule has 0 aliphatic heterocycles. The minimum Gasteiger partial charge on any atom is -0.491 e. The third kappa shape index (κ3) is 20.4. The molecule has 0 saturated heterocycles. The Morgan fingerprint density at radius 2 is 1.36 bits per heavy atom. The van der Waals surface area contributed by atoms with Gasteiger partial charge in [0.25, 0.3) is 0 Å². The van der Waals surface area contributed by atoms with Crippen LogP contribution in [0.25, 0.3) is 29.9 Å². The third-order valence-electron chi connectivity index (χ3n) is 8.93. The van der Waals surface area contributed by atoms with Gasteiger partial charge in [0.1, 0.15) is 5.75 Å². The molecule has 0 spiro atoms. The van der Waals surface area contributed by atoms with E-state index in [0.29, 0.717) is 17.2 Å². The number of allylic oxidation sites excluding steroid dienone is 1. The quantitative estimate of drug-likeness (QED) is 0.0735. The maximum absolute atomic E-state index is 12.8. The van der Waals surface area contributed by atoms with E-state index in [9.17, 15) is 4.79 Å². The summed E-state index contributed by atoms with van der Waals surface area (Å²) in [6.45, 7) is 48.3. The molecule has 0 radical (unpaired) electrons. The first-order valence-corrected chi connectivity index (χ1v) is 25.9. The summed E-state index contributed by atoms with van der Waals surface area (Å²) in [7, 11) is 0. The van der Waals surface area contributed by atoms with Gasteiger partial charge in [-0.15, -0.1) is 40.6 Å². The summed E-state index contributed by atoms with van der Waals surface area (Å²) >= 11 is 5.19. The molecular weight excluding hydrogens is 779 g/mol. The molecule has 3 heterocycles. The summed E-state index contributed by atoms with van der Waals surface area (Å²) in [5.41, 5.74) is 3.06. The first kappa shape index (κ1) is 61.0. The molecule has 59 heavy (non-hydrogen) atoms. The van der Waals surface area contributed by atoms with E-state index in [4.69, 9.17) is 10.1 Å². The predicted molar refractivity (Wildman–Crippen MR) is 279 cm³/mol. The summed E-state index contributed by atoms with van der Waals surface area (Å²) in [6.07, 6.45) is 13.3. The highest BCUT2D eigenvalue weighted by Crippen LogP contribution is 2.50. The molecule has 0 aliphatic rings. The first-order chi connectivity index (χ1) is 28.0. The van der Waals surface area contributed by atoms with Crippen molar-refractivity contribution in [3.63, 3.8) is 0 Å². The molecule has 340 valence electrons. The number of hydrogen-bond acceptors (Lipinski definition) is 6. The van der Waals surface area contributed by atoms with Crippen molar-refractivity contribution in [3.05, 3.63) is 51.7 Å². The zero-order valence-electron chi connectivity index (χ0n) is 42.4. The summed E-state index contributed by atoms with van der Waals surface area (Å²) in [5, 5.41) is 13.2. The van der Waals surface area contributed by atoms with Gasteiger partial charge in [-0.1, -0.05) is 169 Å². The molecule has 1 N–H and O–H groups in total. The normalized spacial score (nSPS) is 11.4. The SMILES string of the molecule is C=CC(CC)CCCC.CC.CC.CC.CC(C)C.CCC.CCCCC(CC)COc1c2ccsc2c(C)c2cc(-c3sc(C(C)(C)C)c(C(C)=O)c3C(C)=N)sc12. The number of nitrogens with one attached hydrogen (secondary N) is 1. The molecular formula is C53H93NO2S3. The van der Waals surface area contributed by atoms with E-state index in [1.165, 1.54) is 77.1 Å². The third-order valence-corrected chi connectivity index (χ3v) is 12.9. The Morgan fingerprint density at radius 1 is 0.831 bits per heavy atom. The average Bonchev–Trinajstić information content (AvgIpc) is 3.97. The first-order valence-electron chi connectivity index (χ1n) is 23.4. The number of ether oxygens (including phenoxy) is 1. The second-order valence-corrected chi connectivity index (χ2v) is 19.1. The lowest BCUT2D eigenvalue weighted by Crippen LogP contribution is -2.14. The Morgan fingerprint density at radius 3 is 1.78 bits per heavy atom. The molecule has 0 aliphatic carbocycles. The van der Waals surface area contributed by atoms with Gasteiger partial charge in [0.2, 0.25) is 0 Å². The molecule has 3 aromatic heterocycles. The molecule has 4 aromatic rings. The van der Waals surface area contributed by atoms with Crippen LogP contribution in [0.5, 0.6) is 5.75 Å². The van der Waals surface area contributed by atoms with Crippen molar-refractivity contribution in [3.8, 4) is 15.5 Å². The standard InChI is InChI=1S/C31H39NO2S3.C9H18.C4H10.C3H8.3C2H6/c1-9-11-12-20(10-2)16-34-26-21-13-14-35-27(21)17(3)22-15-23(36-28(22)26)29-24(18(4)32)25(19(5)33)30(37-29)31(6,7)8;1-4-7-8-9(5-2)6-3;1-4(2)3;1-3-2;3*1-2/h13-15,20,32H,9-12,16H2,1-8H3;5,9H,2,4,6-8H2,1,3H3;4H,1-3H3;3H2,1-2H3;3*1-2H3. The fraction of sp³-hybridized carbons (Fsp3) is 0.660. The van der Waals surface area contributed by atoms with Gasteiger partial charge in [-0.05, 0) is 86.3 Å². The number of unbranched alkanes of at least 4 members (excludes halogenated alkanes) is 2. The van der Waals surface area contributed by atoms with Crippen LogP contribution in [0.3, 0.4) is 0 Å². The van der Waals surface area contributed by atoms with Crippen LogP contribution >= 0.6 is 34.0 Å². The zero-order valence-corrected chi connectivity index (χ0v) is 44.8. The number of ketones is 1. The predicted octanol–water partition coefficient (Wildman–Crippen LogP) is 20.2. The summed E-state index contributed by atoms with van der Waals surface area (Å²) in [6, 6.07) is 4.46. The van der Waals surface area contributed by atoms with Crippen LogP contribution in [-0.4, -0.2) is 18.1 Å². The number of rotatable bonds is 15. The van der Waals surface area contributed by atoms with E-state index in [1.807, 2.05) is 41.5 Å². The highest BCUT2D eigenvalue weighted by Gasteiger charge is 2.31. The van der Waals surface area contributed by atoms with Crippen molar-refractivity contribution in [2.45, 2.75) is 209 Å². The Balaban J connectivity index is -0.00000119. The van der Waals surface area contributed by atoms with Gasteiger partial charge in [0, 0.05) is 42.1 Å². The minimum atomic E-state index is -0.175. The van der Waals surface area contributed by atoms with Crippen LogP contribution in [0.2, 0.25) is 0 Å². The maximum atomic E-state index is 12.8. The van der Waals surface area contributed by atoms with Crippen LogP contribution in [0.1, 0.15) is 223 Å². The van der Waals surface area contributed by atoms with Crippen molar-refractivity contribution >= 4 is 65.7 Å². The molecule has 0 saturated carbocycles.